The highest BCUT2D eigenvalue weighted by Gasteiger charge is 2.18. The fourth-order valence-electron chi connectivity index (χ4n) is 1.21. The highest BCUT2D eigenvalue weighted by atomic mass is 32.2. The Balaban J connectivity index is 2.35. The first-order chi connectivity index (χ1) is 8.49. The van der Waals surface area contributed by atoms with Crippen LogP contribution < -0.4 is 4.72 Å². The molecule has 0 spiro atoms. The quantitative estimate of drug-likeness (QED) is 0.614. The van der Waals surface area contributed by atoms with E-state index in [-0.39, 0.29) is 16.5 Å². The van der Waals surface area contributed by atoms with Crippen molar-refractivity contribution in [2.75, 3.05) is 4.72 Å². The molecule has 2 N–H and O–H groups in total. The summed E-state index contributed by atoms with van der Waals surface area (Å²) in [5.74, 6) is -0.0680. The number of sulfonamides is 1. The first-order valence-electron chi connectivity index (χ1n) is 4.62. The second-order valence-corrected chi connectivity index (χ2v) is 4.88. The van der Waals surface area contributed by atoms with Crippen LogP contribution in [0.3, 0.4) is 0 Å². The lowest BCUT2D eigenvalue weighted by molar-refractivity contribution is -0.385. The third kappa shape index (κ3) is 2.43. The minimum absolute atomic E-state index is 0.0680. The van der Waals surface area contributed by atoms with Crippen molar-refractivity contribution in [1.29, 1.82) is 0 Å². The molecule has 9 nitrogen and oxygen atoms in total. The summed E-state index contributed by atoms with van der Waals surface area (Å²) in [6.07, 6.45) is 1.13. The molecule has 2 aromatic rings. The molecule has 0 saturated carbocycles. The molecular weight excluding hydrogens is 262 g/mol. The van der Waals surface area contributed by atoms with Gasteiger partial charge in [-0.1, -0.05) is 6.07 Å². The molecular formula is C8H7N5O4S. The lowest BCUT2D eigenvalue weighted by Gasteiger charge is -2.04. The molecule has 18 heavy (non-hydrogen) atoms. The second-order valence-electron chi connectivity index (χ2n) is 3.19. The molecule has 1 aromatic heterocycles. The van der Waals surface area contributed by atoms with Crippen LogP contribution in [0.4, 0.5) is 11.6 Å². The molecule has 0 saturated heterocycles. The number of aromatic nitrogens is 3. The lowest BCUT2D eigenvalue weighted by atomic mass is 10.3. The average Bonchev–Trinajstić information content (AvgIpc) is 2.81. The van der Waals surface area contributed by atoms with Crippen LogP contribution in [-0.2, 0) is 10.0 Å². The van der Waals surface area contributed by atoms with E-state index >= 15 is 0 Å². The van der Waals surface area contributed by atoms with E-state index in [1.165, 1.54) is 18.2 Å². The van der Waals surface area contributed by atoms with Crippen LogP contribution in [-0.4, -0.2) is 28.5 Å². The zero-order valence-corrected chi connectivity index (χ0v) is 9.59. The Kier molecular flexibility index (Phi) is 2.93. The standard InChI is InChI=1S/C8H7N5O4S/c14-13(15)6-2-1-3-7(4-6)18(16,17)12-8-9-5-10-11-8/h1-5H,(H2,9,10,11,12). The maximum Gasteiger partial charge on any atom is 0.270 e. The summed E-state index contributed by atoms with van der Waals surface area (Å²) in [6.45, 7) is 0. The number of non-ortho nitro benzene ring substituents is 1. The number of nitrogens with one attached hydrogen (secondary N) is 2. The maximum absolute atomic E-state index is 11.9. The van der Waals surface area contributed by atoms with Crippen LogP contribution in [0.15, 0.2) is 35.5 Å². The average molecular weight is 269 g/mol. The van der Waals surface area contributed by atoms with E-state index in [0.29, 0.717) is 0 Å². The molecule has 1 heterocycles. The van der Waals surface area contributed by atoms with E-state index in [0.717, 1.165) is 12.4 Å². The number of nitrogens with zero attached hydrogens (tertiary/aromatic N) is 3. The van der Waals surface area contributed by atoms with E-state index in [2.05, 4.69) is 19.9 Å². The monoisotopic (exact) mass is 269 g/mol. The van der Waals surface area contributed by atoms with Gasteiger partial charge in [0.25, 0.3) is 15.7 Å². The van der Waals surface area contributed by atoms with Gasteiger partial charge in [-0.3, -0.25) is 10.1 Å². The van der Waals surface area contributed by atoms with Gasteiger partial charge in [-0.2, -0.15) is 10.1 Å². The van der Waals surface area contributed by atoms with Gasteiger partial charge in [-0.15, -0.1) is 0 Å². The van der Waals surface area contributed by atoms with Gasteiger partial charge in [0.15, 0.2) is 0 Å². The molecule has 0 radical (unpaired) electrons. The van der Waals surface area contributed by atoms with Crippen molar-refractivity contribution in [1.82, 2.24) is 15.2 Å². The molecule has 1 aromatic carbocycles. The fourth-order valence-corrected chi connectivity index (χ4v) is 2.21. The number of benzene rings is 1. The van der Waals surface area contributed by atoms with Gasteiger partial charge in [-0.25, -0.2) is 18.2 Å². The van der Waals surface area contributed by atoms with Crippen LogP contribution in [0.25, 0.3) is 0 Å². The summed E-state index contributed by atoms with van der Waals surface area (Å²) in [4.78, 5) is 13.3. The number of hydrogen-bond acceptors (Lipinski definition) is 6. The topological polar surface area (TPSA) is 131 Å². The minimum Gasteiger partial charge on any atom is -0.258 e. The number of hydrogen-bond donors (Lipinski definition) is 2. The number of H-pyrrole nitrogens is 1. The summed E-state index contributed by atoms with van der Waals surface area (Å²) in [7, 11) is -3.93. The van der Waals surface area contributed by atoms with Crippen LogP contribution in [0.5, 0.6) is 0 Å². The SMILES string of the molecule is O=[N+]([O-])c1cccc(S(=O)(=O)Nc2ncn[nH]2)c1. The van der Waals surface area contributed by atoms with Gasteiger partial charge in [0.05, 0.1) is 9.82 Å². The van der Waals surface area contributed by atoms with Gasteiger partial charge >= 0.3 is 0 Å². The van der Waals surface area contributed by atoms with Crippen LogP contribution in [0.1, 0.15) is 0 Å². The molecule has 94 valence electrons. The molecule has 0 aliphatic rings. The molecule has 0 fully saturated rings. The van der Waals surface area contributed by atoms with E-state index in [9.17, 15) is 18.5 Å². The number of rotatable bonds is 4. The molecule has 0 atom stereocenters. The van der Waals surface area contributed by atoms with E-state index in [4.69, 9.17) is 0 Å². The predicted octanol–water partition coefficient (Wildman–Crippen LogP) is 0.514. The van der Waals surface area contributed by atoms with Gasteiger partial charge in [0, 0.05) is 12.1 Å². The van der Waals surface area contributed by atoms with Crippen molar-refractivity contribution in [2.24, 2.45) is 0 Å². The molecule has 0 unspecified atom stereocenters. The Hall–Kier alpha value is -2.49. The Morgan fingerprint density at radius 3 is 2.78 bits per heavy atom. The summed E-state index contributed by atoms with van der Waals surface area (Å²) >= 11 is 0. The Labute approximate surface area is 101 Å². The van der Waals surface area contributed by atoms with Crippen molar-refractivity contribution in [3.05, 3.63) is 40.7 Å². The summed E-state index contributed by atoms with van der Waals surface area (Å²) in [6, 6.07) is 4.69. The van der Waals surface area contributed by atoms with Gasteiger partial charge < -0.3 is 0 Å². The largest absolute Gasteiger partial charge is 0.270 e. The minimum atomic E-state index is -3.93. The highest BCUT2D eigenvalue weighted by molar-refractivity contribution is 7.92. The van der Waals surface area contributed by atoms with Crippen LogP contribution in [0, 0.1) is 10.1 Å². The van der Waals surface area contributed by atoms with Crippen molar-refractivity contribution in [2.45, 2.75) is 4.90 Å². The second kappa shape index (κ2) is 4.41. The van der Waals surface area contributed by atoms with E-state index < -0.39 is 14.9 Å². The molecule has 0 amide bonds. The fraction of sp³-hybridized carbons (Fsp3) is 0. The molecule has 2 rings (SSSR count). The van der Waals surface area contributed by atoms with Gasteiger partial charge in [0.1, 0.15) is 6.33 Å². The smallest absolute Gasteiger partial charge is 0.258 e. The normalized spacial score (nSPS) is 11.1. The first kappa shape index (κ1) is 12.0. The van der Waals surface area contributed by atoms with Crippen molar-refractivity contribution >= 4 is 21.7 Å². The van der Waals surface area contributed by atoms with E-state index in [1.807, 2.05) is 0 Å². The predicted molar refractivity (Wildman–Crippen MR) is 60.3 cm³/mol. The number of nitro benzene ring substituents is 1. The number of aromatic amines is 1. The highest BCUT2D eigenvalue weighted by Crippen LogP contribution is 2.18. The zero-order chi connectivity index (χ0) is 13.2. The Bertz CT molecular complexity index is 667. The van der Waals surface area contributed by atoms with Gasteiger partial charge in [-0.05, 0) is 6.07 Å². The molecule has 0 bridgehead atoms. The van der Waals surface area contributed by atoms with Crippen molar-refractivity contribution in [3.8, 4) is 0 Å². The lowest BCUT2D eigenvalue weighted by Crippen LogP contribution is -2.14. The summed E-state index contributed by atoms with van der Waals surface area (Å²) in [5, 5.41) is 16.3. The third-order valence-corrected chi connectivity index (χ3v) is 3.32. The number of anilines is 1. The van der Waals surface area contributed by atoms with Crippen LogP contribution in [0.2, 0.25) is 0 Å². The summed E-state index contributed by atoms with van der Waals surface area (Å²) in [5.41, 5.74) is -0.310. The third-order valence-electron chi connectivity index (χ3n) is 1.98. The van der Waals surface area contributed by atoms with E-state index in [1.54, 1.807) is 0 Å². The Morgan fingerprint density at radius 1 is 1.39 bits per heavy atom. The maximum atomic E-state index is 11.9. The molecule has 10 heteroatoms. The Morgan fingerprint density at radius 2 is 2.17 bits per heavy atom. The zero-order valence-electron chi connectivity index (χ0n) is 8.77. The first-order valence-corrected chi connectivity index (χ1v) is 6.10. The van der Waals surface area contributed by atoms with Crippen molar-refractivity contribution in [3.63, 3.8) is 0 Å². The van der Waals surface area contributed by atoms with Gasteiger partial charge in [0.2, 0.25) is 5.95 Å². The van der Waals surface area contributed by atoms with Crippen molar-refractivity contribution < 1.29 is 13.3 Å². The molecule has 0 aliphatic carbocycles. The number of nitro groups is 1. The summed E-state index contributed by atoms with van der Waals surface area (Å²) < 4.78 is 25.8. The molecule has 0 aliphatic heterocycles. The van der Waals surface area contributed by atoms with Crippen LogP contribution >= 0.6 is 0 Å².